The predicted molar refractivity (Wildman–Crippen MR) is 114 cm³/mol. The summed E-state index contributed by atoms with van der Waals surface area (Å²) >= 11 is 0. The average Bonchev–Trinajstić information content (AvgIpc) is 3.23. The number of hydrogen-bond acceptors (Lipinski definition) is 5. The van der Waals surface area contributed by atoms with Gasteiger partial charge in [0.25, 0.3) is 0 Å². The molecule has 2 heterocycles. The standard InChI is InChI=1S/C23H30N4O2/c1-2-29-23(28)27-14-12-26(13-15-27)17-21-16-24-25-22(21)20-10-8-19(9-11-20)18-6-4-3-5-7-18/h3-11,21-22,24-25H,2,12-17H2,1H3. The fourth-order valence-corrected chi connectivity index (χ4v) is 4.23. The maximum absolute atomic E-state index is 11.9. The van der Waals surface area contributed by atoms with Gasteiger partial charge in [-0.25, -0.2) is 10.2 Å². The van der Waals surface area contributed by atoms with Gasteiger partial charge in [-0.3, -0.25) is 10.3 Å². The molecule has 2 aromatic carbocycles. The van der Waals surface area contributed by atoms with Crippen LogP contribution in [0.2, 0.25) is 0 Å². The number of ether oxygens (including phenoxy) is 1. The molecule has 6 nitrogen and oxygen atoms in total. The average molecular weight is 395 g/mol. The minimum absolute atomic E-state index is 0.187. The minimum atomic E-state index is -0.187. The zero-order chi connectivity index (χ0) is 20.1. The highest BCUT2D eigenvalue weighted by molar-refractivity contribution is 5.67. The van der Waals surface area contributed by atoms with Gasteiger partial charge in [0.2, 0.25) is 0 Å². The van der Waals surface area contributed by atoms with Crippen LogP contribution >= 0.6 is 0 Å². The Kier molecular flexibility index (Phi) is 6.44. The maximum Gasteiger partial charge on any atom is 0.409 e. The third-order valence-electron chi connectivity index (χ3n) is 5.86. The predicted octanol–water partition coefficient (Wildman–Crippen LogP) is 2.89. The van der Waals surface area contributed by atoms with Gasteiger partial charge in [-0.1, -0.05) is 54.6 Å². The lowest BCUT2D eigenvalue weighted by atomic mass is 9.92. The maximum atomic E-state index is 11.9. The molecule has 0 radical (unpaired) electrons. The van der Waals surface area contributed by atoms with Crippen LogP contribution in [0.3, 0.4) is 0 Å². The van der Waals surface area contributed by atoms with Crippen molar-refractivity contribution in [2.24, 2.45) is 5.92 Å². The molecule has 2 aromatic rings. The van der Waals surface area contributed by atoms with Crippen molar-refractivity contribution in [3.63, 3.8) is 0 Å². The zero-order valence-electron chi connectivity index (χ0n) is 17.0. The monoisotopic (exact) mass is 394 g/mol. The van der Waals surface area contributed by atoms with Crippen molar-refractivity contribution in [3.8, 4) is 11.1 Å². The van der Waals surface area contributed by atoms with Crippen molar-refractivity contribution in [1.82, 2.24) is 20.7 Å². The van der Waals surface area contributed by atoms with Gasteiger partial charge < -0.3 is 9.64 Å². The van der Waals surface area contributed by atoms with Gasteiger partial charge in [0, 0.05) is 45.2 Å². The second kappa shape index (κ2) is 9.39. The Hall–Kier alpha value is -2.41. The summed E-state index contributed by atoms with van der Waals surface area (Å²) in [4.78, 5) is 16.2. The number of amides is 1. The summed E-state index contributed by atoms with van der Waals surface area (Å²) in [5.74, 6) is 0.492. The zero-order valence-corrected chi connectivity index (χ0v) is 17.0. The Bertz CT molecular complexity index is 788. The quantitative estimate of drug-likeness (QED) is 0.817. The van der Waals surface area contributed by atoms with Gasteiger partial charge in [-0.05, 0) is 23.6 Å². The van der Waals surface area contributed by atoms with E-state index in [4.69, 9.17) is 4.74 Å². The van der Waals surface area contributed by atoms with Crippen molar-refractivity contribution >= 4 is 6.09 Å². The normalized spacial score (nSPS) is 22.6. The van der Waals surface area contributed by atoms with Crippen LogP contribution in [-0.2, 0) is 4.74 Å². The molecular weight excluding hydrogens is 364 g/mol. The molecule has 4 rings (SSSR count). The Balaban J connectivity index is 1.34. The lowest BCUT2D eigenvalue weighted by Crippen LogP contribution is -2.50. The Morgan fingerprint density at radius 1 is 1.00 bits per heavy atom. The number of nitrogens with one attached hydrogen (secondary N) is 2. The van der Waals surface area contributed by atoms with E-state index in [1.165, 1.54) is 16.7 Å². The first-order valence-corrected chi connectivity index (χ1v) is 10.5. The molecule has 154 valence electrons. The third-order valence-corrected chi connectivity index (χ3v) is 5.86. The summed E-state index contributed by atoms with van der Waals surface area (Å²) in [6.45, 7) is 7.52. The molecule has 2 N–H and O–H groups in total. The number of nitrogens with zero attached hydrogens (tertiary/aromatic N) is 2. The summed E-state index contributed by atoms with van der Waals surface area (Å²) in [5.41, 5.74) is 10.6. The van der Waals surface area contributed by atoms with Gasteiger partial charge in [-0.2, -0.15) is 0 Å². The van der Waals surface area contributed by atoms with Gasteiger partial charge in [0.1, 0.15) is 0 Å². The molecule has 0 aliphatic carbocycles. The van der Waals surface area contributed by atoms with Crippen molar-refractivity contribution in [2.75, 3.05) is 45.9 Å². The van der Waals surface area contributed by atoms with Crippen LogP contribution in [0.5, 0.6) is 0 Å². The highest BCUT2D eigenvalue weighted by Gasteiger charge is 2.31. The van der Waals surface area contributed by atoms with Crippen LogP contribution in [0.4, 0.5) is 4.79 Å². The molecule has 2 saturated heterocycles. The van der Waals surface area contributed by atoms with E-state index in [1.54, 1.807) is 0 Å². The molecule has 2 aliphatic rings. The summed E-state index contributed by atoms with van der Waals surface area (Å²) in [5, 5.41) is 0. The molecule has 0 saturated carbocycles. The van der Waals surface area contributed by atoms with Crippen LogP contribution in [0.1, 0.15) is 18.5 Å². The highest BCUT2D eigenvalue weighted by Crippen LogP contribution is 2.28. The fraction of sp³-hybridized carbons (Fsp3) is 0.435. The largest absolute Gasteiger partial charge is 0.450 e. The number of hydrogen-bond donors (Lipinski definition) is 2. The molecule has 0 aromatic heterocycles. The smallest absolute Gasteiger partial charge is 0.409 e. The van der Waals surface area contributed by atoms with E-state index in [0.29, 0.717) is 18.6 Å². The molecule has 0 spiro atoms. The molecule has 2 aliphatic heterocycles. The Morgan fingerprint density at radius 2 is 1.69 bits per heavy atom. The highest BCUT2D eigenvalue weighted by atomic mass is 16.6. The molecule has 1 amide bonds. The van der Waals surface area contributed by atoms with Crippen LogP contribution in [0, 0.1) is 5.92 Å². The number of carbonyl (C=O) groups is 1. The topological polar surface area (TPSA) is 56.8 Å². The van der Waals surface area contributed by atoms with E-state index in [2.05, 4.69) is 64.3 Å². The first kappa shape index (κ1) is 19.9. The molecule has 29 heavy (non-hydrogen) atoms. The fourth-order valence-electron chi connectivity index (χ4n) is 4.23. The number of piperazine rings is 1. The number of benzene rings is 2. The molecular formula is C23H30N4O2. The summed E-state index contributed by atoms with van der Waals surface area (Å²) in [6.07, 6.45) is -0.187. The SMILES string of the molecule is CCOC(=O)N1CCN(CC2CNNC2c2ccc(-c3ccccc3)cc2)CC1. The number of rotatable bonds is 5. The molecule has 2 unspecified atom stereocenters. The lowest BCUT2D eigenvalue weighted by molar-refractivity contribution is 0.0750. The first-order valence-electron chi connectivity index (χ1n) is 10.5. The van der Waals surface area contributed by atoms with Crippen LogP contribution in [0.15, 0.2) is 54.6 Å². The third kappa shape index (κ3) is 4.78. The van der Waals surface area contributed by atoms with Crippen LogP contribution in [-0.4, -0.2) is 61.8 Å². The summed E-state index contributed by atoms with van der Waals surface area (Å²) in [7, 11) is 0. The summed E-state index contributed by atoms with van der Waals surface area (Å²) in [6, 6.07) is 19.7. The molecule has 2 fully saturated rings. The van der Waals surface area contributed by atoms with Crippen molar-refractivity contribution in [1.29, 1.82) is 0 Å². The van der Waals surface area contributed by atoms with E-state index in [0.717, 1.165) is 39.3 Å². The molecule has 2 atom stereocenters. The Morgan fingerprint density at radius 3 is 2.38 bits per heavy atom. The second-order valence-electron chi connectivity index (χ2n) is 7.74. The van der Waals surface area contributed by atoms with E-state index in [9.17, 15) is 4.79 Å². The van der Waals surface area contributed by atoms with Gasteiger partial charge in [0.15, 0.2) is 0 Å². The van der Waals surface area contributed by atoms with Crippen LogP contribution in [0.25, 0.3) is 11.1 Å². The van der Waals surface area contributed by atoms with Crippen molar-refractivity contribution < 1.29 is 9.53 Å². The number of hydrazine groups is 1. The van der Waals surface area contributed by atoms with E-state index < -0.39 is 0 Å². The second-order valence-corrected chi connectivity index (χ2v) is 7.74. The number of carbonyl (C=O) groups excluding carboxylic acids is 1. The van der Waals surface area contributed by atoms with Gasteiger partial charge >= 0.3 is 6.09 Å². The molecule has 0 bridgehead atoms. The first-order chi connectivity index (χ1) is 14.2. The van der Waals surface area contributed by atoms with E-state index in [-0.39, 0.29) is 6.09 Å². The lowest BCUT2D eigenvalue weighted by Gasteiger charge is -2.36. The van der Waals surface area contributed by atoms with Gasteiger partial charge in [-0.15, -0.1) is 0 Å². The molecule has 6 heteroatoms. The Labute approximate surface area is 172 Å². The summed E-state index contributed by atoms with van der Waals surface area (Å²) < 4.78 is 5.11. The van der Waals surface area contributed by atoms with Gasteiger partial charge in [0.05, 0.1) is 12.6 Å². The van der Waals surface area contributed by atoms with E-state index >= 15 is 0 Å². The van der Waals surface area contributed by atoms with Crippen molar-refractivity contribution in [2.45, 2.75) is 13.0 Å². The van der Waals surface area contributed by atoms with Crippen LogP contribution < -0.4 is 10.9 Å². The minimum Gasteiger partial charge on any atom is -0.450 e. The van der Waals surface area contributed by atoms with Crippen molar-refractivity contribution in [3.05, 3.63) is 60.2 Å². The van der Waals surface area contributed by atoms with E-state index in [1.807, 2.05) is 17.9 Å².